The highest BCUT2D eigenvalue weighted by atomic mass is 16.4. The average Bonchev–Trinajstić information content (AvgIpc) is 2.69. The minimum Gasteiger partial charge on any atom is -0.480 e. The Balaban J connectivity index is 5.12. The van der Waals surface area contributed by atoms with Crippen LogP contribution in [0.15, 0.2) is 0 Å². The van der Waals surface area contributed by atoms with Crippen LogP contribution in [0.3, 0.4) is 0 Å². The van der Waals surface area contributed by atoms with Gasteiger partial charge in [-0.05, 0) is 38.1 Å². The molecule has 12 nitrogen and oxygen atoms in total. The lowest BCUT2D eigenvalue weighted by Crippen LogP contribution is -2.58. The third kappa shape index (κ3) is 10.5. The van der Waals surface area contributed by atoms with Crippen LogP contribution in [-0.2, 0) is 19.2 Å². The molecular formula is C18H35N5O7. The van der Waals surface area contributed by atoms with Crippen LogP contribution >= 0.6 is 0 Å². The highest BCUT2D eigenvalue weighted by Gasteiger charge is 2.30. The van der Waals surface area contributed by atoms with Crippen LogP contribution in [0.5, 0.6) is 0 Å². The summed E-state index contributed by atoms with van der Waals surface area (Å²) in [7, 11) is 0. The number of nitrogens with two attached hydrogens (primary N) is 2. The molecule has 0 aromatic carbocycles. The molecule has 0 aliphatic rings. The van der Waals surface area contributed by atoms with Crippen molar-refractivity contribution in [3.05, 3.63) is 0 Å². The average molecular weight is 434 g/mol. The standard InChI is InChI=1S/C18H35N5O7/c1-10(2)7-13(22-15(26)11(20)8-24)16(27)23-14(9-25)17(28)21-12(18(29)30)5-3-4-6-19/h10-14,24-25H,3-9,19-20H2,1-2H3,(H,21,28)(H,22,26)(H,23,27)(H,29,30). The molecule has 30 heavy (non-hydrogen) atoms. The number of aliphatic carboxylic acids is 1. The molecule has 0 fully saturated rings. The first-order valence-electron chi connectivity index (χ1n) is 9.88. The topological polar surface area (TPSA) is 217 Å². The molecule has 0 aliphatic carbocycles. The highest BCUT2D eigenvalue weighted by molar-refractivity contribution is 5.94. The second-order valence-electron chi connectivity index (χ2n) is 7.41. The number of hydrogen-bond acceptors (Lipinski definition) is 8. The molecule has 174 valence electrons. The van der Waals surface area contributed by atoms with Crippen molar-refractivity contribution in [3.8, 4) is 0 Å². The number of rotatable bonds is 15. The molecule has 0 rings (SSSR count). The summed E-state index contributed by atoms with van der Waals surface area (Å²) in [5.41, 5.74) is 10.8. The van der Waals surface area contributed by atoms with E-state index in [2.05, 4.69) is 16.0 Å². The lowest BCUT2D eigenvalue weighted by atomic mass is 10.0. The first kappa shape index (κ1) is 27.7. The third-order valence-corrected chi connectivity index (χ3v) is 4.25. The largest absolute Gasteiger partial charge is 0.480 e. The van der Waals surface area contributed by atoms with Crippen LogP contribution in [-0.4, -0.2) is 82.9 Å². The molecule has 4 atom stereocenters. The first-order valence-corrected chi connectivity index (χ1v) is 9.88. The molecule has 0 bridgehead atoms. The number of carbonyl (C=O) groups is 4. The second-order valence-corrected chi connectivity index (χ2v) is 7.41. The molecule has 0 spiro atoms. The van der Waals surface area contributed by atoms with Gasteiger partial charge in [0.15, 0.2) is 0 Å². The SMILES string of the molecule is CC(C)CC(NC(=O)C(N)CO)C(=O)NC(CO)C(=O)NC(CCCCN)C(=O)O. The molecule has 10 N–H and O–H groups in total. The Bertz CT molecular complexity index is 573. The fourth-order valence-electron chi connectivity index (χ4n) is 2.55. The number of carboxylic acids is 1. The molecule has 0 heterocycles. The van der Waals surface area contributed by atoms with E-state index >= 15 is 0 Å². The Hall–Kier alpha value is -2.28. The van der Waals surface area contributed by atoms with E-state index in [9.17, 15) is 29.4 Å². The van der Waals surface area contributed by atoms with Gasteiger partial charge in [0, 0.05) is 0 Å². The van der Waals surface area contributed by atoms with Gasteiger partial charge in [-0.3, -0.25) is 14.4 Å². The zero-order valence-electron chi connectivity index (χ0n) is 17.5. The fraction of sp³-hybridized carbons (Fsp3) is 0.778. The maximum atomic E-state index is 12.6. The summed E-state index contributed by atoms with van der Waals surface area (Å²) in [6.07, 6.45) is 1.44. The third-order valence-electron chi connectivity index (χ3n) is 4.25. The predicted octanol–water partition coefficient (Wildman–Crippen LogP) is -2.99. The van der Waals surface area contributed by atoms with Gasteiger partial charge in [0.1, 0.15) is 24.2 Å². The van der Waals surface area contributed by atoms with Crippen LogP contribution in [0.2, 0.25) is 0 Å². The van der Waals surface area contributed by atoms with Crippen LogP contribution in [0.4, 0.5) is 0 Å². The number of hydrogen-bond donors (Lipinski definition) is 8. The van der Waals surface area contributed by atoms with Crippen LogP contribution in [0.1, 0.15) is 39.5 Å². The quantitative estimate of drug-likeness (QED) is 0.123. The number of amides is 3. The molecule has 0 saturated heterocycles. The Labute approximate surface area is 175 Å². The Morgan fingerprint density at radius 2 is 1.37 bits per heavy atom. The summed E-state index contributed by atoms with van der Waals surface area (Å²) in [6.45, 7) is 2.63. The molecule has 0 aromatic heterocycles. The van der Waals surface area contributed by atoms with Crippen LogP contribution in [0.25, 0.3) is 0 Å². The van der Waals surface area contributed by atoms with Crippen molar-refractivity contribution in [1.82, 2.24) is 16.0 Å². The number of carbonyl (C=O) groups excluding carboxylic acids is 3. The smallest absolute Gasteiger partial charge is 0.326 e. The molecule has 0 saturated carbocycles. The van der Waals surface area contributed by atoms with Gasteiger partial charge in [0.2, 0.25) is 17.7 Å². The Morgan fingerprint density at radius 1 is 0.833 bits per heavy atom. The van der Waals surface area contributed by atoms with E-state index in [0.29, 0.717) is 19.4 Å². The van der Waals surface area contributed by atoms with Gasteiger partial charge in [0.25, 0.3) is 0 Å². The number of carboxylic acid groups (broad SMARTS) is 1. The van der Waals surface area contributed by atoms with E-state index in [4.69, 9.17) is 16.6 Å². The maximum absolute atomic E-state index is 12.6. The zero-order chi connectivity index (χ0) is 23.3. The summed E-state index contributed by atoms with van der Waals surface area (Å²) >= 11 is 0. The lowest BCUT2D eigenvalue weighted by Gasteiger charge is -2.25. The number of aliphatic hydroxyl groups excluding tert-OH is 2. The number of nitrogens with one attached hydrogen (secondary N) is 3. The van der Waals surface area contributed by atoms with Crippen LogP contribution in [0, 0.1) is 5.92 Å². The predicted molar refractivity (Wildman–Crippen MR) is 108 cm³/mol. The van der Waals surface area contributed by atoms with E-state index in [1.54, 1.807) is 0 Å². The number of aliphatic hydroxyl groups is 2. The minimum absolute atomic E-state index is 0.00765. The molecule has 4 unspecified atom stereocenters. The lowest BCUT2D eigenvalue weighted by molar-refractivity contribution is -0.142. The fourth-order valence-corrected chi connectivity index (χ4v) is 2.55. The molecule has 0 radical (unpaired) electrons. The Kier molecular flexibility index (Phi) is 13.5. The van der Waals surface area contributed by atoms with Crippen molar-refractivity contribution < 1.29 is 34.5 Å². The van der Waals surface area contributed by atoms with Gasteiger partial charge in [-0.15, -0.1) is 0 Å². The summed E-state index contributed by atoms with van der Waals surface area (Å²) in [5.74, 6) is -3.61. The summed E-state index contributed by atoms with van der Waals surface area (Å²) in [6, 6.07) is -4.87. The molecule has 3 amide bonds. The van der Waals surface area contributed by atoms with Gasteiger partial charge in [-0.1, -0.05) is 13.8 Å². The van der Waals surface area contributed by atoms with Crippen molar-refractivity contribution in [2.75, 3.05) is 19.8 Å². The Morgan fingerprint density at radius 3 is 1.83 bits per heavy atom. The monoisotopic (exact) mass is 433 g/mol. The van der Waals surface area contributed by atoms with E-state index in [1.165, 1.54) is 0 Å². The van der Waals surface area contributed by atoms with Gasteiger partial charge in [-0.25, -0.2) is 4.79 Å². The zero-order valence-corrected chi connectivity index (χ0v) is 17.5. The van der Waals surface area contributed by atoms with Gasteiger partial charge in [0.05, 0.1) is 13.2 Å². The van der Waals surface area contributed by atoms with Crippen molar-refractivity contribution in [3.63, 3.8) is 0 Å². The van der Waals surface area contributed by atoms with Crippen molar-refractivity contribution >= 4 is 23.7 Å². The summed E-state index contributed by atoms with van der Waals surface area (Å²) in [5, 5.41) is 34.7. The van der Waals surface area contributed by atoms with E-state index < -0.39 is 61.1 Å². The molecular weight excluding hydrogens is 398 g/mol. The van der Waals surface area contributed by atoms with Crippen molar-refractivity contribution in [2.45, 2.75) is 63.7 Å². The second kappa shape index (κ2) is 14.7. The van der Waals surface area contributed by atoms with Gasteiger partial charge < -0.3 is 42.7 Å². The molecule has 0 aliphatic heterocycles. The normalized spacial score (nSPS) is 15.0. The van der Waals surface area contributed by atoms with E-state index in [0.717, 1.165) is 0 Å². The number of unbranched alkanes of at least 4 members (excludes halogenated alkanes) is 1. The van der Waals surface area contributed by atoms with E-state index in [1.807, 2.05) is 13.8 Å². The van der Waals surface area contributed by atoms with E-state index in [-0.39, 0.29) is 18.8 Å². The molecule has 12 heteroatoms. The van der Waals surface area contributed by atoms with Crippen molar-refractivity contribution in [2.24, 2.45) is 17.4 Å². The van der Waals surface area contributed by atoms with Gasteiger partial charge >= 0.3 is 5.97 Å². The van der Waals surface area contributed by atoms with Gasteiger partial charge in [-0.2, -0.15) is 0 Å². The minimum atomic E-state index is -1.41. The highest BCUT2D eigenvalue weighted by Crippen LogP contribution is 2.06. The maximum Gasteiger partial charge on any atom is 0.326 e. The summed E-state index contributed by atoms with van der Waals surface area (Å²) < 4.78 is 0. The van der Waals surface area contributed by atoms with Crippen LogP contribution < -0.4 is 27.4 Å². The first-order chi connectivity index (χ1) is 14.1. The van der Waals surface area contributed by atoms with Crippen molar-refractivity contribution in [1.29, 1.82) is 0 Å². The summed E-state index contributed by atoms with van der Waals surface area (Å²) in [4.78, 5) is 48.2. The molecule has 0 aromatic rings.